The molecule has 3 heterocycles. The van der Waals surface area contributed by atoms with Crippen LogP contribution in [0.3, 0.4) is 0 Å². The molecule has 7 rings (SSSR count). The molecule has 0 saturated carbocycles. The summed E-state index contributed by atoms with van der Waals surface area (Å²) in [5.41, 5.74) is 4.69. The van der Waals surface area contributed by atoms with Crippen LogP contribution in [0.2, 0.25) is 0 Å². The van der Waals surface area contributed by atoms with Gasteiger partial charge >= 0.3 is 0 Å². The van der Waals surface area contributed by atoms with Crippen molar-refractivity contribution < 1.29 is 14.0 Å². The van der Waals surface area contributed by atoms with Crippen LogP contribution in [0.4, 0.5) is 10.1 Å². The average molecular weight is 610 g/mol. The molecule has 4 aromatic carbocycles. The van der Waals surface area contributed by atoms with Crippen molar-refractivity contribution in [3.05, 3.63) is 162 Å². The van der Waals surface area contributed by atoms with E-state index >= 15 is 0 Å². The van der Waals surface area contributed by atoms with Gasteiger partial charge in [-0.1, -0.05) is 108 Å². The van der Waals surface area contributed by atoms with E-state index in [2.05, 4.69) is 9.55 Å². The van der Waals surface area contributed by atoms with Gasteiger partial charge in [0.05, 0.1) is 36.1 Å². The van der Waals surface area contributed by atoms with E-state index < -0.39 is 5.60 Å². The van der Waals surface area contributed by atoms with E-state index in [1.165, 1.54) is 0 Å². The Morgan fingerprint density at radius 2 is 1.37 bits per heavy atom. The van der Waals surface area contributed by atoms with E-state index in [0.29, 0.717) is 36.5 Å². The normalized spacial score (nSPS) is 13.8. The number of aryl methyl sites for hydroxylation is 1. The molecule has 0 aliphatic carbocycles. The van der Waals surface area contributed by atoms with Crippen LogP contribution in [0.25, 0.3) is 11.0 Å². The first-order chi connectivity index (χ1) is 22.7. The van der Waals surface area contributed by atoms with Gasteiger partial charge < -0.3 is 9.40 Å². The number of benzene rings is 4. The van der Waals surface area contributed by atoms with Crippen LogP contribution < -0.4 is 4.90 Å². The third-order valence-corrected chi connectivity index (χ3v) is 8.41. The second-order valence-corrected chi connectivity index (χ2v) is 11.2. The van der Waals surface area contributed by atoms with Gasteiger partial charge in [0.1, 0.15) is 5.82 Å². The van der Waals surface area contributed by atoms with Gasteiger partial charge in [-0.2, -0.15) is 0 Å². The molecular formula is C38H32FN5O2. The van der Waals surface area contributed by atoms with Gasteiger partial charge in [-0.05, 0) is 31.0 Å². The fraction of sp³-hybridized carbons (Fsp3) is 0.158. The Balaban J connectivity index is 1.31. The predicted molar refractivity (Wildman–Crippen MR) is 177 cm³/mol. The summed E-state index contributed by atoms with van der Waals surface area (Å²) in [6.07, 6.45) is 4.44. The second-order valence-electron chi connectivity index (χ2n) is 11.2. The van der Waals surface area contributed by atoms with Gasteiger partial charge in [0.15, 0.2) is 5.71 Å². The summed E-state index contributed by atoms with van der Waals surface area (Å²) < 4.78 is 15.1. The van der Waals surface area contributed by atoms with Gasteiger partial charge in [0.2, 0.25) is 5.60 Å². The number of para-hydroxylation sites is 2. The standard InChI is InChI=1S/C38H32FN5O2/c39-23-12-13-25-43-33-21-11-10-20-32(33)41-35(43)27-44-34-26-40-24-22-31(34)36(37(44)45)42-46-38(28-14-4-1-5-15-28,29-16-6-2-7-17-29)30-18-8-3-9-19-30/h1-11,14-22,24,26H,12-13,23,25,27H2. The molecule has 0 atom stereocenters. The van der Waals surface area contributed by atoms with Crippen LogP contribution in [-0.4, -0.2) is 32.8 Å². The number of pyridine rings is 1. The molecule has 1 aliphatic rings. The van der Waals surface area contributed by atoms with Crippen LogP contribution >= 0.6 is 0 Å². The average Bonchev–Trinajstić information content (AvgIpc) is 3.60. The number of rotatable bonds is 11. The zero-order chi connectivity index (χ0) is 31.3. The van der Waals surface area contributed by atoms with Gasteiger partial charge in [0.25, 0.3) is 5.91 Å². The predicted octanol–water partition coefficient (Wildman–Crippen LogP) is 7.44. The number of carbonyl (C=O) groups is 1. The molecule has 0 saturated heterocycles. The van der Waals surface area contributed by atoms with Crippen molar-refractivity contribution in [2.24, 2.45) is 5.16 Å². The van der Waals surface area contributed by atoms with Crippen molar-refractivity contribution in [1.82, 2.24) is 14.5 Å². The summed E-state index contributed by atoms with van der Waals surface area (Å²) in [6, 6.07) is 39.4. The number of aromatic nitrogens is 3. The highest BCUT2D eigenvalue weighted by atomic mass is 19.1. The number of anilines is 1. The molecule has 0 radical (unpaired) electrons. The number of imidazole rings is 1. The molecule has 0 spiro atoms. The molecule has 6 aromatic rings. The van der Waals surface area contributed by atoms with Crippen molar-refractivity contribution in [2.45, 2.75) is 31.5 Å². The minimum atomic E-state index is -1.14. The fourth-order valence-corrected chi connectivity index (χ4v) is 6.19. The molecule has 228 valence electrons. The van der Waals surface area contributed by atoms with Gasteiger partial charge in [0, 0.05) is 35.0 Å². The zero-order valence-electron chi connectivity index (χ0n) is 25.2. The fourth-order valence-electron chi connectivity index (χ4n) is 6.19. The number of hydrogen-bond acceptors (Lipinski definition) is 5. The number of hydrogen-bond donors (Lipinski definition) is 0. The quantitative estimate of drug-likeness (QED) is 0.0870. The molecule has 0 fully saturated rings. The van der Waals surface area contributed by atoms with Gasteiger partial charge in [-0.15, -0.1) is 0 Å². The number of oxime groups is 1. The Hall–Kier alpha value is -5.63. The third-order valence-electron chi connectivity index (χ3n) is 8.41. The Labute approximate surface area is 266 Å². The van der Waals surface area contributed by atoms with Crippen LogP contribution in [0.15, 0.2) is 139 Å². The van der Waals surface area contributed by atoms with E-state index in [0.717, 1.165) is 27.7 Å². The Bertz CT molecular complexity index is 1900. The monoisotopic (exact) mass is 609 g/mol. The van der Waals surface area contributed by atoms with Crippen LogP contribution in [0.1, 0.15) is 40.9 Å². The summed E-state index contributed by atoms with van der Waals surface area (Å²) >= 11 is 0. The Morgan fingerprint density at radius 1 is 0.761 bits per heavy atom. The number of carbonyl (C=O) groups excluding carboxylic acids is 1. The Kier molecular flexibility index (Phi) is 8.08. The zero-order valence-corrected chi connectivity index (χ0v) is 25.2. The number of unbranched alkanes of at least 4 members (excludes halogenated alkanes) is 1. The number of amides is 1. The lowest BCUT2D eigenvalue weighted by molar-refractivity contribution is -0.112. The Morgan fingerprint density at radius 3 is 2.00 bits per heavy atom. The summed E-state index contributed by atoms with van der Waals surface area (Å²) in [6.45, 7) is 0.420. The van der Waals surface area contributed by atoms with E-state index in [4.69, 9.17) is 15.0 Å². The first-order valence-electron chi connectivity index (χ1n) is 15.4. The molecule has 0 N–H and O–H groups in total. The van der Waals surface area contributed by atoms with Crippen molar-refractivity contribution in [3.8, 4) is 0 Å². The molecule has 0 bridgehead atoms. The maximum Gasteiger partial charge on any atom is 0.281 e. The SMILES string of the molecule is O=C1C(=NOC(c2ccccc2)(c2ccccc2)c2ccccc2)c2ccncc2N1Cc1nc2ccccc2n1CCCCF. The maximum atomic E-state index is 14.3. The van der Waals surface area contributed by atoms with Gasteiger partial charge in [-0.3, -0.25) is 19.1 Å². The first-order valence-corrected chi connectivity index (χ1v) is 15.4. The molecule has 0 unspecified atom stereocenters. The topological polar surface area (TPSA) is 72.6 Å². The minimum absolute atomic E-state index is 0.185. The lowest BCUT2D eigenvalue weighted by Gasteiger charge is -2.33. The molecule has 1 amide bonds. The minimum Gasteiger partial charge on any atom is -0.374 e. The van der Waals surface area contributed by atoms with E-state index in [1.54, 1.807) is 23.4 Å². The van der Waals surface area contributed by atoms with Crippen molar-refractivity contribution in [1.29, 1.82) is 0 Å². The summed E-state index contributed by atoms with van der Waals surface area (Å²) in [5.74, 6) is 0.394. The van der Waals surface area contributed by atoms with Crippen molar-refractivity contribution in [3.63, 3.8) is 0 Å². The number of fused-ring (bicyclic) bond motifs is 2. The highest BCUT2D eigenvalue weighted by Gasteiger charge is 2.42. The van der Waals surface area contributed by atoms with Gasteiger partial charge in [-0.25, -0.2) is 4.98 Å². The summed E-state index contributed by atoms with van der Waals surface area (Å²) in [5, 5.41) is 4.69. The first kappa shape index (κ1) is 29.1. The molecule has 1 aliphatic heterocycles. The third kappa shape index (κ3) is 5.21. The smallest absolute Gasteiger partial charge is 0.281 e. The molecular weight excluding hydrogens is 577 g/mol. The number of halogens is 1. The van der Waals surface area contributed by atoms with Crippen LogP contribution in [0, 0.1) is 0 Å². The lowest BCUT2D eigenvalue weighted by atomic mass is 9.80. The number of nitrogens with zero attached hydrogens (tertiary/aromatic N) is 5. The molecule has 8 heteroatoms. The van der Waals surface area contributed by atoms with Crippen LogP contribution in [-0.2, 0) is 28.3 Å². The maximum absolute atomic E-state index is 14.3. The van der Waals surface area contributed by atoms with E-state index in [1.807, 2.05) is 115 Å². The molecule has 2 aromatic heterocycles. The lowest BCUT2D eigenvalue weighted by Crippen LogP contribution is -2.34. The largest absolute Gasteiger partial charge is 0.374 e. The summed E-state index contributed by atoms with van der Waals surface area (Å²) in [7, 11) is 0. The number of alkyl halides is 1. The molecule has 46 heavy (non-hydrogen) atoms. The van der Waals surface area contributed by atoms with Crippen molar-refractivity contribution in [2.75, 3.05) is 11.6 Å². The van der Waals surface area contributed by atoms with E-state index in [9.17, 15) is 9.18 Å². The highest BCUT2D eigenvalue weighted by Crippen LogP contribution is 2.41. The molecule has 7 nitrogen and oxygen atoms in total. The van der Waals surface area contributed by atoms with Crippen LogP contribution in [0.5, 0.6) is 0 Å². The second kappa shape index (κ2) is 12.8. The van der Waals surface area contributed by atoms with Crippen molar-refractivity contribution >= 4 is 28.3 Å². The highest BCUT2D eigenvalue weighted by molar-refractivity contribution is 6.54. The summed E-state index contributed by atoms with van der Waals surface area (Å²) in [4.78, 5) is 31.8. The van der Waals surface area contributed by atoms with E-state index in [-0.39, 0.29) is 24.8 Å².